The molecule has 2 heterocycles. The molecule has 0 bridgehead atoms. The number of hydrogen-bond acceptors (Lipinski definition) is 4. The normalized spacial score (nSPS) is 12.9. The summed E-state index contributed by atoms with van der Waals surface area (Å²) >= 11 is 0. The van der Waals surface area contributed by atoms with Crippen molar-refractivity contribution in [2.75, 3.05) is 30.9 Å². The zero-order valence-corrected chi connectivity index (χ0v) is 13.1. The smallest absolute Gasteiger partial charge is 0.322 e. The molecule has 0 saturated carbocycles. The van der Waals surface area contributed by atoms with Gasteiger partial charge < -0.3 is 9.80 Å². The molecule has 0 aliphatic carbocycles. The number of hydrogen-bond donors (Lipinski definition) is 1. The third-order valence-electron chi connectivity index (χ3n) is 3.64. The number of rotatable bonds is 3. The van der Waals surface area contributed by atoms with Crippen LogP contribution in [0.2, 0.25) is 0 Å². The topological polar surface area (TPSA) is 83.4 Å². The third kappa shape index (κ3) is 3.15. The molecule has 0 unspecified atom stereocenters. The zero-order chi connectivity index (χ0) is 16.4. The largest absolute Gasteiger partial charge is 0.331 e. The predicted molar refractivity (Wildman–Crippen MR) is 85.2 cm³/mol. The van der Waals surface area contributed by atoms with Crippen LogP contribution in [0.5, 0.6) is 0 Å². The Morgan fingerprint density at radius 3 is 2.87 bits per heavy atom. The number of para-hydroxylation sites is 1. The van der Waals surface area contributed by atoms with E-state index >= 15 is 0 Å². The Morgan fingerprint density at radius 1 is 1.30 bits per heavy atom. The van der Waals surface area contributed by atoms with Crippen molar-refractivity contribution >= 4 is 23.4 Å². The van der Waals surface area contributed by atoms with E-state index in [-0.39, 0.29) is 18.5 Å². The molecule has 0 spiro atoms. The maximum Gasteiger partial charge on any atom is 0.322 e. The molecule has 120 valence electrons. The van der Waals surface area contributed by atoms with Gasteiger partial charge in [-0.1, -0.05) is 18.2 Å². The first-order chi connectivity index (χ1) is 11.0. The fraction of sp³-hybridized carbons (Fsp3) is 0.333. The summed E-state index contributed by atoms with van der Waals surface area (Å²) in [6, 6.07) is 7.58. The first kappa shape index (κ1) is 15.0. The molecular weight excluding hydrogens is 296 g/mol. The van der Waals surface area contributed by atoms with Gasteiger partial charge in [-0.25, -0.2) is 4.79 Å². The molecule has 0 atom stereocenters. The molecule has 23 heavy (non-hydrogen) atoms. The lowest BCUT2D eigenvalue weighted by Gasteiger charge is -2.16. The van der Waals surface area contributed by atoms with Crippen LogP contribution in [0.25, 0.3) is 0 Å². The number of benzene rings is 1. The number of nitrogens with zero attached hydrogens (tertiary/aromatic N) is 5. The number of amides is 3. The summed E-state index contributed by atoms with van der Waals surface area (Å²) in [5, 5.41) is 10.7. The van der Waals surface area contributed by atoms with Gasteiger partial charge in [-0.15, -0.1) is 5.10 Å². The van der Waals surface area contributed by atoms with Gasteiger partial charge in [0.2, 0.25) is 0 Å². The number of urea groups is 1. The van der Waals surface area contributed by atoms with Crippen molar-refractivity contribution < 1.29 is 9.59 Å². The zero-order valence-electron chi connectivity index (χ0n) is 13.1. The number of fused-ring (bicyclic) bond motifs is 1. The monoisotopic (exact) mass is 314 g/mol. The van der Waals surface area contributed by atoms with Crippen LogP contribution in [-0.4, -0.2) is 52.5 Å². The fourth-order valence-electron chi connectivity index (χ4n) is 2.46. The highest BCUT2D eigenvalue weighted by molar-refractivity contribution is 5.95. The van der Waals surface area contributed by atoms with Gasteiger partial charge in [0, 0.05) is 26.3 Å². The number of carbonyl (C=O) groups is 2. The Morgan fingerprint density at radius 2 is 2.09 bits per heavy atom. The molecule has 1 aliphatic heterocycles. The minimum absolute atomic E-state index is 0.0339. The van der Waals surface area contributed by atoms with Crippen molar-refractivity contribution in [3.8, 4) is 0 Å². The number of nitrogens with one attached hydrogen (secondary N) is 1. The Bertz CT molecular complexity index is 739. The summed E-state index contributed by atoms with van der Waals surface area (Å²) in [7, 11) is 3.27. The molecule has 0 radical (unpaired) electrons. The summed E-state index contributed by atoms with van der Waals surface area (Å²) in [5.74, 6) is 0.245. The molecule has 1 N–H and O–H groups in total. The van der Waals surface area contributed by atoms with Gasteiger partial charge >= 0.3 is 6.03 Å². The van der Waals surface area contributed by atoms with Crippen molar-refractivity contribution in [2.24, 2.45) is 0 Å². The lowest BCUT2D eigenvalue weighted by atomic mass is 10.2. The van der Waals surface area contributed by atoms with Gasteiger partial charge in [0.05, 0.1) is 6.20 Å². The van der Waals surface area contributed by atoms with Gasteiger partial charge in [0.25, 0.3) is 5.91 Å². The van der Waals surface area contributed by atoms with Crippen LogP contribution in [0, 0.1) is 0 Å². The highest BCUT2D eigenvalue weighted by atomic mass is 16.2. The average molecular weight is 314 g/mol. The van der Waals surface area contributed by atoms with E-state index in [2.05, 4.69) is 15.5 Å². The van der Waals surface area contributed by atoms with E-state index in [4.69, 9.17) is 0 Å². The Labute approximate surface area is 133 Å². The molecule has 3 rings (SSSR count). The summed E-state index contributed by atoms with van der Waals surface area (Å²) in [4.78, 5) is 28.4. The quantitative estimate of drug-likeness (QED) is 0.914. The van der Waals surface area contributed by atoms with Gasteiger partial charge in [-0.3, -0.25) is 10.1 Å². The van der Waals surface area contributed by atoms with E-state index < -0.39 is 0 Å². The first-order valence-electron chi connectivity index (χ1n) is 7.31. The van der Waals surface area contributed by atoms with Crippen molar-refractivity contribution in [1.29, 1.82) is 0 Å². The summed E-state index contributed by atoms with van der Waals surface area (Å²) in [6.07, 6.45) is 2.28. The molecule has 0 fully saturated rings. The van der Waals surface area contributed by atoms with Crippen LogP contribution < -0.4 is 10.2 Å². The SMILES string of the molecule is CN(C)C(=O)Nc1cnn(CC(=O)N2CCc3ccccc32)n1. The van der Waals surface area contributed by atoms with E-state index in [0.29, 0.717) is 12.4 Å². The van der Waals surface area contributed by atoms with E-state index in [0.717, 1.165) is 12.1 Å². The highest BCUT2D eigenvalue weighted by Crippen LogP contribution is 2.27. The third-order valence-corrected chi connectivity index (χ3v) is 3.64. The van der Waals surface area contributed by atoms with Gasteiger partial charge in [-0.05, 0) is 18.1 Å². The summed E-state index contributed by atoms with van der Waals surface area (Å²) in [5.41, 5.74) is 2.12. The lowest BCUT2D eigenvalue weighted by Crippen LogP contribution is -2.33. The van der Waals surface area contributed by atoms with Crippen molar-refractivity contribution in [3.05, 3.63) is 36.0 Å². The Hall–Kier alpha value is -2.90. The van der Waals surface area contributed by atoms with Crippen LogP contribution in [0.3, 0.4) is 0 Å². The van der Waals surface area contributed by atoms with Gasteiger partial charge in [0.15, 0.2) is 5.82 Å². The second kappa shape index (κ2) is 6.07. The molecule has 8 heteroatoms. The molecule has 1 aliphatic rings. The average Bonchev–Trinajstić information content (AvgIpc) is 3.13. The van der Waals surface area contributed by atoms with E-state index in [1.54, 1.807) is 19.0 Å². The van der Waals surface area contributed by atoms with Crippen LogP contribution in [-0.2, 0) is 17.8 Å². The Balaban J connectivity index is 1.65. The molecular formula is C15H18N6O2. The maximum absolute atomic E-state index is 12.4. The molecule has 0 saturated heterocycles. The minimum atomic E-state index is -0.295. The van der Waals surface area contributed by atoms with Crippen LogP contribution in [0.1, 0.15) is 5.56 Å². The maximum atomic E-state index is 12.4. The number of aromatic nitrogens is 3. The van der Waals surface area contributed by atoms with Gasteiger partial charge in [-0.2, -0.15) is 9.90 Å². The van der Waals surface area contributed by atoms with Crippen molar-refractivity contribution in [2.45, 2.75) is 13.0 Å². The van der Waals surface area contributed by atoms with Crippen LogP contribution >= 0.6 is 0 Å². The van der Waals surface area contributed by atoms with E-state index in [1.807, 2.05) is 24.3 Å². The molecule has 1 aromatic carbocycles. The first-order valence-corrected chi connectivity index (χ1v) is 7.31. The minimum Gasteiger partial charge on any atom is -0.331 e. The lowest BCUT2D eigenvalue weighted by molar-refractivity contribution is -0.119. The van der Waals surface area contributed by atoms with Crippen molar-refractivity contribution in [1.82, 2.24) is 19.9 Å². The molecule has 2 aromatic rings. The fourth-order valence-corrected chi connectivity index (χ4v) is 2.46. The van der Waals surface area contributed by atoms with E-state index in [9.17, 15) is 9.59 Å². The molecule has 3 amide bonds. The Kier molecular flexibility index (Phi) is 3.96. The number of anilines is 2. The van der Waals surface area contributed by atoms with Crippen LogP contribution in [0.4, 0.5) is 16.3 Å². The highest BCUT2D eigenvalue weighted by Gasteiger charge is 2.24. The second-order valence-corrected chi connectivity index (χ2v) is 5.51. The second-order valence-electron chi connectivity index (χ2n) is 5.51. The predicted octanol–water partition coefficient (Wildman–Crippen LogP) is 0.961. The summed E-state index contributed by atoms with van der Waals surface area (Å²) < 4.78 is 0. The standard InChI is InChI=1S/C15H18N6O2/c1-19(2)15(23)17-13-9-16-21(18-13)10-14(22)20-8-7-11-5-3-4-6-12(11)20/h3-6,9H,7-8,10H2,1-2H3,(H,17,18,23). The van der Waals surface area contributed by atoms with Crippen LogP contribution in [0.15, 0.2) is 30.5 Å². The number of carbonyl (C=O) groups excluding carboxylic acids is 2. The van der Waals surface area contributed by atoms with Crippen molar-refractivity contribution in [3.63, 3.8) is 0 Å². The van der Waals surface area contributed by atoms with E-state index in [1.165, 1.54) is 21.5 Å². The van der Waals surface area contributed by atoms with Gasteiger partial charge in [0.1, 0.15) is 6.54 Å². The molecule has 1 aromatic heterocycles. The molecule has 8 nitrogen and oxygen atoms in total. The summed E-state index contributed by atoms with van der Waals surface area (Å²) in [6.45, 7) is 0.704.